The molecule has 3 heterocycles. The van der Waals surface area contributed by atoms with Crippen LogP contribution in [0.15, 0.2) is 71.3 Å². The van der Waals surface area contributed by atoms with E-state index in [0.717, 1.165) is 48.9 Å². The van der Waals surface area contributed by atoms with Crippen molar-refractivity contribution in [2.45, 2.75) is 12.6 Å². The lowest BCUT2D eigenvalue weighted by atomic mass is 10.0. The number of hydrogen-bond acceptors (Lipinski definition) is 7. The third kappa shape index (κ3) is 4.58. The molecule has 0 radical (unpaired) electrons. The summed E-state index contributed by atoms with van der Waals surface area (Å²) in [6.07, 6.45) is 1.63. The Hall–Kier alpha value is -3.72. The molecule has 1 aliphatic rings. The number of methoxy groups -OCH3 is 1. The van der Waals surface area contributed by atoms with Gasteiger partial charge in [-0.1, -0.05) is 12.1 Å². The Morgan fingerprint density at radius 1 is 1.00 bits per heavy atom. The van der Waals surface area contributed by atoms with E-state index in [4.69, 9.17) is 9.15 Å². The van der Waals surface area contributed by atoms with Crippen LogP contribution in [0.25, 0.3) is 0 Å². The zero-order valence-electron chi connectivity index (χ0n) is 18.3. The van der Waals surface area contributed by atoms with Crippen LogP contribution in [0.4, 0.5) is 10.1 Å². The van der Waals surface area contributed by atoms with Crippen LogP contribution in [0.5, 0.6) is 5.75 Å². The maximum atomic E-state index is 13.7. The number of nitrogens with zero attached hydrogens (tertiary/aromatic N) is 6. The van der Waals surface area contributed by atoms with Crippen molar-refractivity contribution < 1.29 is 13.5 Å². The molecule has 0 aliphatic carbocycles. The summed E-state index contributed by atoms with van der Waals surface area (Å²) >= 11 is 0. The van der Waals surface area contributed by atoms with E-state index in [1.165, 1.54) is 12.1 Å². The summed E-state index contributed by atoms with van der Waals surface area (Å²) in [6, 6.07) is 18.2. The number of halogens is 1. The first-order valence-electron chi connectivity index (χ1n) is 10.9. The third-order valence-electron chi connectivity index (χ3n) is 5.99. The van der Waals surface area contributed by atoms with Crippen LogP contribution in [-0.4, -0.2) is 58.4 Å². The fourth-order valence-electron chi connectivity index (χ4n) is 4.27. The summed E-state index contributed by atoms with van der Waals surface area (Å²) in [7, 11) is 1.67. The van der Waals surface area contributed by atoms with Crippen molar-refractivity contribution >= 4 is 5.69 Å². The largest absolute Gasteiger partial charge is 0.497 e. The van der Waals surface area contributed by atoms with Gasteiger partial charge in [-0.05, 0) is 64.5 Å². The quantitative estimate of drug-likeness (QED) is 0.429. The van der Waals surface area contributed by atoms with Crippen LogP contribution in [0.2, 0.25) is 0 Å². The first-order chi connectivity index (χ1) is 16.2. The van der Waals surface area contributed by atoms with Gasteiger partial charge in [-0.3, -0.25) is 4.90 Å². The second-order valence-corrected chi connectivity index (χ2v) is 7.95. The number of hydrogen-bond donors (Lipinski definition) is 0. The number of benzene rings is 2. The average Bonchev–Trinajstić information content (AvgIpc) is 3.54. The molecule has 33 heavy (non-hydrogen) atoms. The Bertz CT molecular complexity index is 1150. The van der Waals surface area contributed by atoms with Gasteiger partial charge in [0.1, 0.15) is 23.9 Å². The van der Waals surface area contributed by atoms with E-state index >= 15 is 0 Å². The normalized spacial score (nSPS) is 15.5. The van der Waals surface area contributed by atoms with Crippen molar-refractivity contribution in [1.29, 1.82) is 0 Å². The first-order valence-corrected chi connectivity index (χ1v) is 10.9. The summed E-state index contributed by atoms with van der Waals surface area (Å²) in [4.78, 5) is 4.70. The molecule has 8 nitrogen and oxygen atoms in total. The van der Waals surface area contributed by atoms with Crippen LogP contribution >= 0.6 is 0 Å². The van der Waals surface area contributed by atoms with Crippen molar-refractivity contribution in [2.75, 3.05) is 38.2 Å². The number of furan rings is 1. The molecule has 1 atom stereocenters. The van der Waals surface area contributed by atoms with Gasteiger partial charge < -0.3 is 14.1 Å². The molecule has 2 aromatic carbocycles. The van der Waals surface area contributed by atoms with Gasteiger partial charge in [0.15, 0.2) is 5.82 Å². The van der Waals surface area contributed by atoms with E-state index in [9.17, 15) is 4.39 Å². The predicted molar refractivity (Wildman–Crippen MR) is 121 cm³/mol. The van der Waals surface area contributed by atoms with Crippen molar-refractivity contribution in [3.05, 3.63) is 89.9 Å². The van der Waals surface area contributed by atoms with Crippen molar-refractivity contribution in [2.24, 2.45) is 0 Å². The second-order valence-electron chi connectivity index (χ2n) is 7.95. The van der Waals surface area contributed by atoms with Gasteiger partial charge in [0.2, 0.25) is 0 Å². The molecule has 170 valence electrons. The Kier molecular flexibility index (Phi) is 6.03. The Morgan fingerprint density at radius 3 is 2.42 bits per heavy atom. The standard InChI is InChI=1S/C24H25FN6O2/c1-32-21-10-8-20(9-11-21)29-12-14-30(15-13-29)23(18-4-6-19(25)7-5-18)24-26-27-28-31(24)17-22-3-2-16-33-22/h2-11,16,23H,12-15,17H2,1H3/t23-/m1/s1. The summed E-state index contributed by atoms with van der Waals surface area (Å²) in [5.41, 5.74) is 2.11. The highest BCUT2D eigenvalue weighted by Crippen LogP contribution is 2.30. The predicted octanol–water partition coefficient (Wildman–Crippen LogP) is 3.37. The summed E-state index contributed by atoms with van der Waals surface area (Å²) in [5.74, 6) is 2.05. The van der Waals surface area contributed by atoms with Gasteiger partial charge >= 0.3 is 0 Å². The molecule has 0 saturated carbocycles. The number of rotatable bonds is 7. The third-order valence-corrected chi connectivity index (χ3v) is 5.99. The second kappa shape index (κ2) is 9.41. The molecule has 0 bridgehead atoms. The molecular weight excluding hydrogens is 423 g/mol. The molecule has 5 rings (SSSR count). The maximum absolute atomic E-state index is 13.7. The van der Waals surface area contributed by atoms with E-state index < -0.39 is 0 Å². The van der Waals surface area contributed by atoms with Crippen molar-refractivity contribution in [3.63, 3.8) is 0 Å². The molecule has 9 heteroatoms. The topological polar surface area (TPSA) is 72.5 Å². The molecule has 2 aromatic heterocycles. The van der Waals surface area contributed by atoms with Crippen LogP contribution < -0.4 is 9.64 Å². The maximum Gasteiger partial charge on any atom is 0.173 e. The zero-order chi connectivity index (χ0) is 22.6. The van der Waals surface area contributed by atoms with E-state index in [1.54, 1.807) is 18.1 Å². The summed E-state index contributed by atoms with van der Waals surface area (Å²) in [5, 5.41) is 12.5. The summed E-state index contributed by atoms with van der Waals surface area (Å²) < 4.78 is 26.2. The number of anilines is 1. The number of tetrazole rings is 1. The van der Waals surface area contributed by atoms with Crippen LogP contribution in [0.1, 0.15) is 23.2 Å². The molecule has 1 aliphatic heterocycles. The zero-order valence-corrected chi connectivity index (χ0v) is 18.3. The SMILES string of the molecule is COc1ccc(N2CCN([C@H](c3ccc(F)cc3)c3nnnn3Cc3ccco3)CC2)cc1. The van der Waals surface area contributed by atoms with Crippen molar-refractivity contribution in [1.82, 2.24) is 25.1 Å². The van der Waals surface area contributed by atoms with Gasteiger partial charge in [-0.25, -0.2) is 9.07 Å². The lowest BCUT2D eigenvalue weighted by molar-refractivity contribution is 0.200. The van der Waals surface area contributed by atoms with E-state index in [1.807, 2.05) is 36.4 Å². The smallest absolute Gasteiger partial charge is 0.173 e. The van der Waals surface area contributed by atoms with E-state index in [-0.39, 0.29) is 11.9 Å². The van der Waals surface area contributed by atoms with Crippen LogP contribution in [-0.2, 0) is 6.54 Å². The molecular formula is C24H25FN6O2. The Balaban J connectivity index is 1.39. The van der Waals surface area contributed by atoms with Crippen LogP contribution in [0.3, 0.4) is 0 Å². The molecule has 4 aromatic rings. The molecule has 1 fully saturated rings. The molecule has 0 unspecified atom stereocenters. The molecule has 0 spiro atoms. The Morgan fingerprint density at radius 2 is 1.76 bits per heavy atom. The molecule has 0 N–H and O–H groups in total. The van der Waals surface area contributed by atoms with Crippen molar-refractivity contribution in [3.8, 4) is 5.75 Å². The highest BCUT2D eigenvalue weighted by molar-refractivity contribution is 5.49. The minimum absolute atomic E-state index is 0.200. The fourth-order valence-corrected chi connectivity index (χ4v) is 4.27. The minimum Gasteiger partial charge on any atom is -0.497 e. The monoisotopic (exact) mass is 448 g/mol. The number of aromatic nitrogens is 4. The number of ether oxygens (including phenoxy) is 1. The molecule has 0 amide bonds. The van der Waals surface area contributed by atoms with Gasteiger partial charge in [-0.2, -0.15) is 0 Å². The first kappa shape index (κ1) is 21.1. The van der Waals surface area contributed by atoms with Gasteiger partial charge in [0, 0.05) is 31.9 Å². The lowest BCUT2D eigenvalue weighted by Gasteiger charge is -2.40. The van der Waals surface area contributed by atoms with Gasteiger partial charge in [0.25, 0.3) is 0 Å². The fraction of sp³-hybridized carbons (Fsp3) is 0.292. The van der Waals surface area contributed by atoms with Gasteiger partial charge in [-0.15, -0.1) is 5.10 Å². The lowest BCUT2D eigenvalue weighted by Crippen LogP contribution is -2.48. The molecule has 1 saturated heterocycles. The summed E-state index contributed by atoms with van der Waals surface area (Å²) in [6.45, 7) is 3.75. The average molecular weight is 449 g/mol. The van der Waals surface area contributed by atoms with Crippen LogP contribution in [0, 0.1) is 5.82 Å². The van der Waals surface area contributed by atoms with E-state index in [0.29, 0.717) is 12.4 Å². The highest BCUT2D eigenvalue weighted by Gasteiger charge is 2.31. The highest BCUT2D eigenvalue weighted by atomic mass is 19.1. The number of piperazine rings is 1. The Labute approximate surface area is 191 Å². The van der Waals surface area contributed by atoms with E-state index in [2.05, 4.69) is 37.5 Å². The van der Waals surface area contributed by atoms with Gasteiger partial charge in [0.05, 0.1) is 19.4 Å². The minimum atomic E-state index is -0.267.